The molecule has 0 amide bonds. The van der Waals surface area contributed by atoms with Crippen LogP contribution >= 0.6 is 23.8 Å². The van der Waals surface area contributed by atoms with Gasteiger partial charge in [-0.3, -0.25) is 0 Å². The van der Waals surface area contributed by atoms with Gasteiger partial charge < -0.3 is 10.5 Å². The van der Waals surface area contributed by atoms with Gasteiger partial charge in [0.2, 0.25) is 5.88 Å². The Morgan fingerprint density at radius 1 is 1.39 bits per heavy atom. The summed E-state index contributed by atoms with van der Waals surface area (Å²) in [7, 11) is 0. The standard InChI is InChI=1S/C11H7ClFN3OS/c12-8-2-1-6(5-9(8)13)17-11-7(10(14)18)3-4-15-16-11/h1-5H,(H2,14,18). The van der Waals surface area contributed by atoms with Crippen LogP contribution in [0.5, 0.6) is 11.6 Å². The summed E-state index contributed by atoms with van der Waals surface area (Å²) in [5.41, 5.74) is 5.94. The summed E-state index contributed by atoms with van der Waals surface area (Å²) in [6.07, 6.45) is 1.43. The molecule has 4 nitrogen and oxygen atoms in total. The lowest BCUT2D eigenvalue weighted by Gasteiger charge is -2.08. The molecule has 1 aromatic carbocycles. The molecule has 1 heterocycles. The lowest BCUT2D eigenvalue weighted by molar-refractivity contribution is 0.450. The van der Waals surface area contributed by atoms with Crippen molar-refractivity contribution in [3.63, 3.8) is 0 Å². The molecule has 0 bridgehead atoms. The van der Waals surface area contributed by atoms with E-state index in [-0.39, 0.29) is 21.6 Å². The van der Waals surface area contributed by atoms with Crippen LogP contribution in [0.3, 0.4) is 0 Å². The van der Waals surface area contributed by atoms with Gasteiger partial charge in [0.05, 0.1) is 16.8 Å². The summed E-state index contributed by atoms with van der Waals surface area (Å²) in [4.78, 5) is 0.120. The molecule has 0 fully saturated rings. The lowest BCUT2D eigenvalue weighted by atomic mass is 10.3. The minimum atomic E-state index is -0.588. The maximum absolute atomic E-state index is 13.2. The van der Waals surface area contributed by atoms with Gasteiger partial charge in [0.1, 0.15) is 16.6 Å². The van der Waals surface area contributed by atoms with Crippen molar-refractivity contribution in [1.82, 2.24) is 10.2 Å². The van der Waals surface area contributed by atoms with E-state index in [9.17, 15) is 4.39 Å². The monoisotopic (exact) mass is 283 g/mol. The van der Waals surface area contributed by atoms with Gasteiger partial charge >= 0.3 is 0 Å². The van der Waals surface area contributed by atoms with Gasteiger partial charge in [-0.15, -0.1) is 5.10 Å². The number of aromatic nitrogens is 2. The Balaban J connectivity index is 2.34. The maximum Gasteiger partial charge on any atom is 0.249 e. The highest BCUT2D eigenvalue weighted by molar-refractivity contribution is 7.80. The second kappa shape index (κ2) is 5.24. The van der Waals surface area contributed by atoms with Crippen LogP contribution in [-0.4, -0.2) is 15.2 Å². The van der Waals surface area contributed by atoms with Crippen LogP contribution in [0.25, 0.3) is 0 Å². The normalized spacial score (nSPS) is 10.1. The Kier molecular flexibility index (Phi) is 3.69. The number of thiocarbonyl (C=S) groups is 1. The number of nitrogens with zero attached hydrogens (tertiary/aromatic N) is 2. The third kappa shape index (κ3) is 2.72. The molecule has 0 spiro atoms. The first-order valence-corrected chi connectivity index (χ1v) is 5.61. The third-order valence-corrected chi connectivity index (χ3v) is 2.58. The highest BCUT2D eigenvalue weighted by Crippen LogP contribution is 2.25. The van der Waals surface area contributed by atoms with Crippen molar-refractivity contribution >= 4 is 28.8 Å². The molecule has 92 valence electrons. The average Bonchev–Trinajstić information content (AvgIpc) is 2.34. The molecule has 18 heavy (non-hydrogen) atoms. The van der Waals surface area contributed by atoms with E-state index in [1.807, 2.05) is 0 Å². The Labute approximate surface area is 113 Å². The van der Waals surface area contributed by atoms with Crippen molar-refractivity contribution in [2.24, 2.45) is 5.73 Å². The molecule has 2 rings (SSSR count). The molecule has 0 saturated heterocycles. The first kappa shape index (κ1) is 12.7. The summed E-state index contributed by atoms with van der Waals surface area (Å²) in [5, 5.41) is 7.42. The van der Waals surface area contributed by atoms with Crippen LogP contribution in [0.1, 0.15) is 5.56 Å². The highest BCUT2D eigenvalue weighted by atomic mass is 35.5. The number of hydrogen-bond acceptors (Lipinski definition) is 4. The van der Waals surface area contributed by atoms with Crippen LogP contribution in [0, 0.1) is 5.82 Å². The van der Waals surface area contributed by atoms with Crippen molar-refractivity contribution in [2.75, 3.05) is 0 Å². The molecule has 0 radical (unpaired) electrons. The molecule has 0 atom stereocenters. The van der Waals surface area contributed by atoms with E-state index in [1.165, 1.54) is 18.3 Å². The van der Waals surface area contributed by atoms with Gasteiger partial charge in [-0.1, -0.05) is 23.8 Å². The zero-order valence-electron chi connectivity index (χ0n) is 8.93. The Morgan fingerprint density at radius 2 is 2.17 bits per heavy atom. The number of hydrogen-bond donors (Lipinski definition) is 1. The highest BCUT2D eigenvalue weighted by Gasteiger charge is 2.10. The smallest absolute Gasteiger partial charge is 0.249 e. The van der Waals surface area contributed by atoms with E-state index >= 15 is 0 Å². The van der Waals surface area contributed by atoms with Gasteiger partial charge in [0.15, 0.2) is 0 Å². The summed E-state index contributed by atoms with van der Waals surface area (Å²) in [6.45, 7) is 0. The summed E-state index contributed by atoms with van der Waals surface area (Å²) >= 11 is 10.4. The zero-order chi connectivity index (χ0) is 13.1. The quantitative estimate of drug-likeness (QED) is 0.878. The van der Waals surface area contributed by atoms with E-state index < -0.39 is 5.82 Å². The molecule has 0 saturated carbocycles. The average molecular weight is 284 g/mol. The number of nitrogens with two attached hydrogens (primary N) is 1. The summed E-state index contributed by atoms with van der Waals surface area (Å²) < 4.78 is 18.6. The first-order chi connectivity index (χ1) is 8.58. The summed E-state index contributed by atoms with van der Waals surface area (Å²) in [6, 6.07) is 5.59. The van der Waals surface area contributed by atoms with Crippen molar-refractivity contribution in [3.05, 3.63) is 46.9 Å². The lowest BCUT2D eigenvalue weighted by Crippen LogP contribution is -2.12. The van der Waals surface area contributed by atoms with Crippen LogP contribution in [-0.2, 0) is 0 Å². The van der Waals surface area contributed by atoms with Crippen molar-refractivity contribution in [3.8, 4) is 11.6 Å². The van der Waals surface area contributed by atoms with E-state index in [2.05, 4.69) is 10.2 Å². The molecule has 7 heteroatoms. The molecular formula is C11H7ClFN3OS. The minimum absolute atomic E-state index is 0.0102. The molecule has 2 aromatic rings. The molecule has 0 aliphatic rings. The topological polar surface area (TPSA) is 61.0 Å². The van der Waals surface area contributed by atoms with Crippen LogP contribution in [0.2, 0.25) is 5.02 Å². The van der Waals surface area contributed by atoms with Crippen LogP contribution in [0.4, 0.5) is 4.39 Å². The molecule has 1 aromatic heterocycles. The number of rotatable bonds is 3. The SMILES string of the molecule is NC(=S)c1ccnnc1Oc1ccc(Cl)c(F)c1. The third-order valence-electron chi connectivity index (χ3n) is 2.06. The van der Waals surface area contributed by atoms with Crippen molar-refractivity contribution < 1.29 is 9.13 Å². The summed E-state index contributed by atoms with van der Waals surface area (Å²) in [5.74, 6) is -0.239. The predicted octanol–water partition coefficient (Wildman–Crippen LogP) is 2.70. The van der Waals surface area contributed by atoms with E-state index in [0.717, 1.165) is 6.07 Å². The first-order valence-electron chi connectivity index (χ1n) is 4.82. The minimum Gasteiger partial charge on any atom is -0.437 e. The van der Waals surface area contributed by atoms with Gasteiger partial charge in [-0.05, 0) is 18.2 Å². The number of halogens is 2. The second-order valence-electron chi connectivity index (χ2n) is 3.29. The molecule has 0 aliphatic carbocycles. The Hall–Kier alpha value is -1.79. The molecule has 2 N–H and O–H groups in total. The Bertz CT molecular complexity index is 609. The fourth-order valence-electron chi connectivity index (χ4n) is 1.23. The second-order valence-corrected chi connectivity index (χ2v) is 4.14. The maximum atomic E-state index is 13.2. The predicted molar refractivity (Wildman–Crippen MR) is 69.4 cm³/mol. The van der Waals surface area contributed by atoms with Crippen molar-refractivity contribution in [1.29, 1.82) is 0 Å². The van der Waals surface area contributed by atoms with E-state index in [0.29, 0.717) is 5.56 Å². The van der Waals surface area contributed by atoms with Gasteiger partial charge in [0, 0.05) is 6.07 Å². The van der Waals surface area contributed by atoms with Crippen molar-refractivity contribution in [2.45, 2.75) is 0 Å². The fourth-order valence-corrected chi connectivity index (χ4v) is 1.51. The molecule has 0 aliphatic heterocycles. The van der Waals surface area contributed by atoms with Crippen LogP contribution < -0.4 is 10.5 Å². The van der Waals surface area contributed by atoms with Gasteiger partial charge in [-0.2, -0.15) is 5.10 Å². The zero-order valence-corrected chi connectivity index (χ0v) is 10.5. The van der Waals surface area contributed by atoms with Gasteiger partial charge in [0.25, 0.3) is 0 Å². The largest absolute Gasteiger partial charge is 0.437 e. The number of ether oxygens (including phenoxy) is 1. The van der Waals surface area contributed by atoms with Crippen LogP contribution in [0.15, 0.2) is 30.5 Å². The van der Waals surface area contributed by atoms with E-state index in [1.54, 1.807) is 6.07 Å². The fraction of sp³-hybridized carbons (Fsp3) is 0. The molecule has 0 unspecified atom stereocenters. The Morgan fingerprint density at radius 3 is 2.83 bits per heavy atom. The van der Waals surface area contributed by atoms with Gasteiger partial charge in [-0.25, -0.2) is 4.39 Å². The number of benzene rings is 1. The molecular weight excluding hydrogens is 277 g/mol. The van der Waals surface area contributed by atoms with E-state index in [4.69, 9.17) is 34.3 Å².